The van der Waals surface area contributed by atoms with Gasteiger partial charge in [0.2, 0.25) is 5.91 Å². The van der Waals surface area contributed by atoms with Crippen molar-refractivity contribution in [2.45, 2.75) is 31.7 Å². The van der Waals surface area contributed by atoms with Crippen LogP contribution >= 0.6 is 22.9 Å². The second kappa shape index (κ2) is 8.36. The van der Waals surface area contributed by atoms with Gasteiger partial charge in [0.05, 0.1) is 27.2 Å². The van der Waals surface area contributed by atoms with Crippen LogP contribution in [-0.4, -0.2) is 43.9 Å². The van der Waals surface area contributed by atoms with Crippen molar-refractivity contribution in [3.05, 3.63) is 62.8 Å². The summed E-state index contributed by atoms with van der Waals surface area (Å²) >= 11 is 7.78. The van der Waals surface area contributed by atoms with Gasteiger partial charge in [-0.1, -0.05) is 28.9 Å². The maximum Gasteiger partial charge on any atom is 0.277 e. The van der Waals surface area contributed by atoms with Gasteiger partial charge >= 0.3 is 0 Å². The molecule has 1 saturated heterocycles. The highest BCUT2D eigenvalue weighted by molar-refractivity contribution is 7.18. The largest absolute Gasteiger partial charge is 0.343 e. The summed E-state index contributed by atoms with van der Waals surface area (Å²) in [5.41, 5.74) is 1.29. The fourth-order valence-corrected chi connectivity index (χ4v) is 5.28. The van der Waals surface area contributed by atoms with Crippen LogP contribution in [0.2, 0.25) is 5.02 Å². The van der Waals surface area contributed by atoms with E-state index in [0.717, 1.165) is 28.1 Å². The molecule has 1 fully saturated rings. The van der Waals surface area contributed by atoms with E-state index in [1.54, 1.807) is 29.5 Å². The number of likely N-dealkylation sites (tertiary alicyclic amines) is 1. The van der Waals surface area contributed by atoms with E-state index in [0.29, 0.717) is 34.9 Å². The van der Waals surface area contributed by atoms with E-state index >= 15 is 0 Å². The second-order valence-corrected chi connectivity index (χ2v) is 9.20. The van der Waals surface area contributed by atoms with Crippen molar-refractivity contribution in [1.29, 1.82) is 0 Å². The molecule has 1 amide bonds. The molecule has 0 saturated carbocycles. The average Bonchev–Trinajstić information content (AvgIpc) is 3.22. The van der Waals surface area contributed by atoms with Crippen molar-refractivity contribution >= 4 is 50.0 Å². The summed E-state index contributed by atoms with van der Waals surface area (Å²) in [5.74, 6) is 0.394. The standard InChI is InChI=1S/C22H20ClN5O2S/c23-15-5-6-19-18(13-15)24-21(31-19)14-7-10-27(11-8-14)20(29)9-12-28-22(30)16-3-1-2-4-17(16)25-26-28/h1-6,13-14H,7-12H2. The smallest absolute Gasteiger partial charge is 0.277 e. The van der Waals surface area contributed by atoms with Gasteiger partial charge in [0.1, 0.15) is 5.52 Å². The van der Waals surface area contributed by atoms with Crippen molar-refractivity contribution in [3.63, 3.8) is 0 Å². The summed E-state index contributed by atoms with van der Waals surface area (Å²) in [5, 5.41) is 10.4. The predicted molar refractivity (Wildman–Crippen MR) is 122 cm³/mol. The van der Waals surface area contributed by atoms with Gasteiger partial charge in [0.25, 0.3) is 5.56 Å². The molecule has 1 aliphatic rings. The zero-order valence-corrected chi connectivity index (χ0v) is 18.3. The second-order valence-electron chi connectivity index (χ2n) is 7.70. The third-order valence-corrected chi connectivity index (χ3v) is 7.16. The molecule has 4 aromatic rings. The van der Waals surface area contributed by atoms with Crippen molar-refractivity contribution in [1.82, 2.24) is 24.9 Å². The fraction of sp³-hybridized carbons (Fsp3) is 0.318. The molecule has 0 spiro atoms. The molecule has 0 aliphatic carbocycles. The van der Waals surface area contributed by atoms with Gasteiger partial charge in [0.15, 0.2) is 0 Å². The van der Waals surface area contributed by atoms with E-state index < -0.39 is 0 Å². The third kappa shape index (κ3) is 4.05. The minimum absolute atomic E-state index is 0.0383. The van der Waals surface area contributed by atoms with Crippen LogP contribution in [0, 0.1) is 0 Å². The molecular formula is C22H20ClN5O2S. The molecule has 0 unspecified atom stereocenters. The number of amides is 1. The number of benzene rings is 2. The van der Waals surface area contributed by atoms with Gasteiger partial charge in [-0.2, -0.15) is 0 Å². The lowest BCUT2D eigenvalue weighted by atomic mass is 9.97. The Morgan fingerprint density at radius 3 is 2.77 bits per heavy atom. The van der Waals surface area contributed by atoms with E-state index in [-0.39, 0.29) is 24.4 Å². The van der Waals surface area contributed by atoms with Crippen LogP contribution in [0.4, 0.5) is 0 Å². The van der Waals surface area contributed by atoms with Crippen LogP contribution < -0.4 is 5.56 Å². The highest BCUT2D eigenvalue weighted by Crippen LogP contribution is 2.34. The van der Waals surface area contributed by atoms with Gasteiger partial charge < -0.3 is 4.90 Å². The summed E-state index contributed by atoms with van der Waals surface area (Å²) in [7, 11) is 0. The zero-order valence-electron chi connectivity index (χ0n) is 16.7. The molecule has 158 valence electrons. The van der Waals surface area contributed by atoms with Crippen molar-refractivity contribution in [3.8, 4) is 0 Å². The van der Waals surface area contributed by atoms with Crippen molar-refractivity contribution < 1.29 is 4.79 Å². The summed E-state index contributed by atoms with van der Waals surface area (Å²) in [6, 6.07) is 12.9. The number of piperidine rings is 1. The van der Waals surface area contributed by atoms with E-state index in [2.05, 4.69) is 10.3 Å². The molecule has 2 aromatic heterocycles. The monoisotopic (exact) mass is 453 g/mol. The number of carbonyl (C=O) groups excluding carboxylic acids is 1. The number of hydrogen-bond acceptors (Lipinski definition) is 6. The van der Waals surface area contributed by atoms with Gasteiger partial charge in [-0.25, -0.2) is 9.67 Å². The summed E-state index contributed by atoms with van der Waals surface area (Å²) < 4.78 is 2.42. The normalized spacial score (nSPS) is 15.1. The lowest BCUT2D eigenvalue weighted by Gasteiger charge is -2.31. The highest BCUT2D eigenvalue weighted by atomic mass is 35.5. The van der Waals surface area contributed by atoms with E-state index in [9.17, 15) is 9.59 Å². The van der Waals surface area contributed by atoms with E-state index in [1.165, 1.54) is 4.68 Å². The lowest BCUT2D eigenvalue weighted by Crippen LogP contribution is -2.39. The Bertz CT molecular complexity index is 1330. The molecule has 0 N–H and O–H groups in total. The number of fused-ring (bicyclic) bond motifs is 2. The van der Waals surface area contributed by atoms with Crippen LogP contribution in [0.5, 0.6) is 0 Å². The molecule has 0 bridgehead atoms. The molecule has 1 aliphatic heterocycles. The number of hydrogen-bond donors (Lipinski definition) is 0. The number of rotatable bonds is 4. The maximum atomic E-state index is 12.7. The highest BCUT2D eigenvalue weighted by Gasteiger charge is 2.26. The van der Waals surface area contributed by atoms with Crippen molar-refractivity contribution in [2.24, 2.45) is 0 Å². The van der Waals surface area contributed by atoms with Gasteiger partial charge in [-0.3, -0.25) is 9.59 Å². The Balaban J connectivity index is 1.20. The SMILES string of the molecule is O=C(CCn1nnc2ccccc2c1=O)N1CCC(c2nc3cc(Cl)ccc3s2)CC1. The number of halogens is 1. The van der Waals surface area contributed by atoms with Crippen LogP contribution in [0.1, 0.15) is 30.2 Å². The Labute approximate surface area is 187 Å². The molecule has 2 aromatic carbocycles. The van der Waals surface area contributed by atoms with Crippen LogP contribution in [0.3, 0.4) is 0 Å². The molecule has 0 radical (unpaired) electrons. The van der Waals surface area contributed by atoms with Crippen molar-refractivity contribution in [2.75, 3.05) is 13.1 Å². The van der Waals surface area contributed by atoms with Gasteiger partial charge in [-0.05, 0) is 43.2 Å². The molecule has 5 rings (SSSR count). The number of aryl methyl sites for hydroxylation is 1. The lowest BCUT2D eigenvalue weighted by molar-refractivity contribution is -0.132. The first-order valence-corrected chi connectivity index (χ1v) is 11.4. The summed E-state index contributed by atoms with van der Waals surface area (Å²) in [6.45, 7) is 1.62. The molecule has 0 atom stereocenters. The molecule has 3 heterocycles. The Hall–Kier alpha value is -2.84. The number of nitrogens with zero attached hydrogens (tertiary/aromatic N) is 5. The van der Waals surface area contributed by atoms with Gasteiger partial charge in [-0.15, -0.1) is 16.4 Å². The fourth-order valence-electron chi connectivity index (χ4n) is 4.00. The van der Waals surface area contributed by atoms with Crippen LogP contribution in [0.15, 0.2) is 47.3 Å². The predicted octanol–water partition coefficient (Wildman–Crippen LogP) is 3.85. The minimum atomic E-state index is -0.215. The quantitative estimate of drug-likeness (QED) is 0.468. The summed E-state index contributed by atoms with van der Waals surface area (Å²) in [6.07, 6.45) is 2.00. The zero-order chi connectivity index (χ0) is 21.4. The molecular weight excluding hydrogens is 434 g/mol. The minimum Gasteiger partial charge on any atom is -0.343 e. The molecule has 31 heavy (non-hydrogen) atoms. The Kier molecular flexibility index (Phi) is 5.41. The topological polar surface area (TPSA) is 81.0 Å². The number of carbonyl (C=O) groups is 1. The Morgan fingerprint density at radius 2 is 1.94 bits per heavy atom. The number of thiazole rings is 1. The Morgan fingerprint density at radius 1 is 1.13 bits per heavy atom. The van der Waals surface area contributed by atoms with E-state index in [4.69, 9.17) is 16.6 Å². The van der Waals surface area contributed by atoms with Gasteiger partial charge in [0, 0.05) is 30.5 Å². The average molecular weight is 454 g/mol. The van der Waals surface area contributed by atoms with Crippen LogP contribution in [-0.2, 0) is 11.3 Å². The maximum absolute atomic E-state index is 12.7. The molecule has 9 heteroatoms. The first-order valence-electron chi connectivity index (χ1n) is 10.2. The van der Waals surface area contributed by atoms with E-state index in [1.807, 2.05) is 29.2 Å². The first-order chi connectivity index (χ1) is 15.1. The number of aromatic nitrogens is 4. The molecule has 7 nitrogen and oxygen atoms in total. The third-order valence-electron chi connectivity index (χ3n) is 5.73. The summed E-state index contributed by atoms with van der Waals surface area (Å²) in [4.78, 5) is 31.9. The first kappa shape index (κ1) is 20.1. The van der Waals surface area contributed by atoms with Crippen LogP contribution in [0.25, 0.3) is 21.1 Å².